The topological polar surface area (TPSA) is 81.8 Å². The molecule has 1 aliphatic heterocycles. The number of benzene rings is 1. The van der Waals surface area contributed by atoms with Gasteiger partial charge in [-0.15, -0.1) is 0 Å². The number of anilines is 2. The first-order chi connectivity index (χ1) is 10.1. The van der Waals surface area contributed by atoms with Crippen molar-refractivity contribution in [2.45, 2.75) is 6.92 Å². The van der Waals surface area contributed by atoms with Crippen molar-refractivity contribution in [1.82, 2.24) is 9.80 Å². The van der Waals surface area contributed by atoms with E-state index in [1.165, 1.54) is 0 Å². The van der Waals surface area contributed by atoms with Gasteiger partial charge in [0.2, 0.25) is 5.91 Å². The maximum Gasteiger partial charge on any atom is 0.238 e. The first-order valence-electron chi connectivity index (χ1n) is 7.30. The molecule has 0 atom stereocenters. The van der Waals surface area contributed by atoms with Crippen LogP contribution in [0, 0.1) is 6.92 Å². The second-order valence-corrected chi connectivity index (χ2v) is 5.48. The third-order valence-electron chi connectivity index (χ3n) is 3.73. The molecule has 0 aliphatic carbocycles. The Morgan fingerprint density at radius 1 is 1.29 bits per heavy atom. The summed E-state index contributed by atoms with van der Waals surface area (Å²) in [6.45, 7) is 6.70. The Balaban J connectivity index is 1.80. The highest BCUT2D eigenvalue weighted by Crippen LogP contribution is 2.19. The summed E-state index contributed by atoms with van der Waals surface area (Å²) in [5.74, 6) is -0.0406. The lowest BCUT2D eigenvalue weighted by Crippen LogP contribution is -2.49. The molecule has 1 aromatic carbocycles. The van der Waals surface area contributed by atoms with Crippen LogP contribution in [-0.4, -0.2) is 66.7 Å². The van der Waals surface area contributed by atoms with Crippen LogP contribution in [-0.2, 0) is 4.79 Å². The summed E-state index contributed by atoms with van der Waals surface area (Å²) in [5, 5.41) is 11.8. The molecule has 2 rings (SSSR count). The van der Waals surface area contributed by atoms with Crippen LogP contribution in [0.5, 0.6) is 0 Å². The fourth-order valence-corrected chi connectivity index (χ4v) is 2.50. The summed E-state index contributed by atoms with van der Waals surface area (Å²) >= 11 is 0. The minimum atomic E-state index is -0.0406. The molecule has 1 fully saturated rings. The Morgan fingerprint density at radius 3 is 2.57 bits per heavy atom. The number of nitrogens with zero attached hydrogens (tertiary/aromatic N) is 2. The van der Waals surface area contributed by atoms with Gasteiger partial charge in [0.05, 0.1) is 24.5 Å². The van der Waals surface area contributed by atoms with Gasteiger partial charge in [0.1, 0.15) is 0 Å². The van der Waals surface area contributed by atoms with Gasteiger partial charge in [-0.05, 0) is 24.6 Å². The average Bonchev–Trinajstić information content (AvgIpc) is 2.44. The highest BCUT2D eigenvalue weighted by Gasteiger charge is 2.18. The number of rotatable bonds is 5. The molecule has 1 aliphatic rings. The van der Waals surface area contributed by atoms with Crippen molar-refractivity contribution in [2.75, 3.05) is 56.9 Å². The molecule has 6 nitrogen and oxygen atoms in total. The summed E-state index contributed by atoms with van der Waals surface area (Å²) in [6.07, 6.45) is 0. The molecule has 21 heavy (non-hydrogen) atoms. The number of hydrogen-bond acceptors (Lipinski definition) is 5. The Morgan fingerprint density at radius 2 is 1.95 bits per heavy atom. The van der Waals surface area contributed by atoms with Gasteiger partial charge in [-0.3, -0.25) is 14.6 Å². The molecule has 116 valence electrons. The highest BCUT2D eigenvalue weighted by atomic mass is 16.3. The predicted octanol–water partition coefficient (Wildman–Crippen LogP) is 0.126. The third-order valence-corrected chi connectivity index (χ3v) is 3.73. The molecule has 6 heteroatoms. The highest BCUT2D eigenvalue weighted by molar-refractivity contribution is 5.95. The number of aryl methyl sites for hydroxylation is 1. The maximum atomic E-state index is 12.1. The molecule has 0 saturated carbocycles. The SMILES string of the molecule is Cc1ccc(NC(=O)CN2CCN(CCO)CC2)c(N)c1. The van der Waals surface area contributed by atoms with Crippen molar-refractivity contribution in [2.24, 2.45) is 0 Å². The lowest BCUT2D eigenvalue weighted by molar-refractivity contribution is -0.117. The molecule has 0 radical (unpaired) electrons. The van der Waals surface area contributed by atoms with E-state index in [2.05, 4.69) is 15.1 Å². The van der Waals surface area contributed by atoms with Crippen LogP contribution in [0.3, 0.4) is 0 Å². The predicted molar refractivity (Wildman–Crippen MR) is 84.2 cm³/mol. The van der Waals surface area contributed by atoms with Gasteiger partial charge < -0.3 is 16.2 Å². The Bertz CT molecular complexity index is 485. The molecule has 1 amide bonds. The normalized spacial score (nSPS) is 16.9. The summed E-state index contributed by atoms with van der Waals surface area (Å²) in [7, 11) is 0. The van der Waals surface area contributed by atoms with E-state index in [-0.39, 0.29) is 12.5 Å². The second kappa shape index (κ2) is 7.40. The van der Waals surface area contributed by atoms with E-state index in [0.29, 0.717) is 24.5 Å². The summed E-state index contributed by atoms with van der Waals surface area (Å²) in [4.78, 5) is 16.4. The number of nitrogen functional groups attached to an aromatic ring is 1. The minimum absolute atomic E-state index is 0.0406. The van der Waals surface area contributed by atoms with Gasteiger partial charge >= 0.3 is 0 Å². The number of piperazine rings is 1. The molecule has 1 aromatic rings. The van der Waals surface area contributed by atoms with Crippen LogP contribution in [0.15, 0.2) is 18.2 Å². The second-order valence-electron chi connectivity index (χ2n) is 5.48. The van der Waals surface area contributed by atoms with E-state index in [9.17, 15) is 4.79 Å². The van der Waals surface area contributed by atoms with Crippen molar-refractivity contribution >= 4 is 17.3 Å². The summed E-state index contributed by atoms with van der Waals surface area (Å²) < 4.78 is 0. The smallest absolute Gasteiger partial charge is 0.238 e. The van der Waals surface area contributed by atoms with Crippen LogP contribution in [0.2, 0.25) is 0 Å². The summed E-state index contributed by atoms with van der Waals surface area (Å²) in [5.41, 5.74) is 8.23. The lowest BCUT2D eigenvalue weighted by Gasteiger charge is -2.33. The third kappa shape index (κ3) is 4.70. The first-order valence-corrected chi connectivity index (χ1v) is 7.30. The van der Waals surface area contributed by atoms with E-state index in [0.717, 1.165) is 31.7 Å². The molecule has 0 aromatic heterocycles. The zero-order valence-corrected chi connectivity index (χ0v) is 12.5. The monoisotopic (exact) mass is 292 g/mol. The molecule has 4 N–H and O–H groups in total. The van der Waals surface area contributed by atoms with Crippen LogP contribution in [0.4, 0.5) is 11.4 Å². The van der Waals surface area contributed by atoms with Crippen molar-refractivity contribution < 1.29 is 9.90 Å². The molecule has 0 unspecified atom stereocenters. The number of carbonyl (C=O) groups excluding carboxylic acids is 1. The number of nitrogens with two attached hydrogens (primary N) is 1. The van der Waals surface area contributed by atoms with Crippen LogP contribution in [0.1, 0.15) is 5.56 Å². The van der Waals surface area contributed by atoms with E-state index < -0.39 is 0 Å². The zero-order valence-electron chi connectivity index (χ0n) is 12.5. The quantitative estimate of drug-likeness (QED) is 0.672. The summed E-state index contributed by atoms with van der Waals surface area (Å²) in [6, 6.07) is 5.62. The molecule has 0 spiro atoms. The van der Waals surface area contributed by atoms with Gasteiger partial charge in [-0.1, -0.05) is 6.07 Å². The number of nitrogens with one attached hydrogen (secondary N) is 1. The van der Waals surface area contributed by atoms with Crippen molar-refractivity contribution in [1.29, 1.82) is 0 Å². The van der Waals surface area contributed by atoms with Gasteiger partial charge in [-0.2, -0.15) is 0 Å². The molecule has 0 bridgehead atoms. The molecule has 1 saturated heterocycles. The molecular weight excluding hydrogens is 268 g/mol. The van der Waals surface area contributed by atoms with Gasteiger partial charge in [0, 0.05) is 32.7 Å². The lowest BCUT2D eigenvalue weighted by atomic mass is 10.2. The number of carbonyl (C=O) groups is 1. The van der Waals surface area contributed by atoms with Crippen molar-refractivity contribution in [3.8, 4) is 0 Å². The fraction of sp³-hybridized carbons (Fsp3) is 0.533. The van der Waals surface area contributed by atoms with Crippen LogP contribution >= 0.6 is 0 Å². The van der Waals surface area contributed by atoms with Crippen LogP contribution < -0.4 is 11.1 Å². The van der Waals surface area contributed by atoms with E-state index in [1.807, 2.05) is 25.1 Å². The fourth-order valence-electron chi connectivity index (χ4n) is 2.50. The standard InChI is InChI=1S/C15H24N4O2/c1-12-2-3-14(13(16)10-12)17-15(21)11-19-6-4-18(5-7-19)8-9-20/h2-3,10,20H,4-9,11,16H2,1H3,(H,17,21). The number of aliphatic hydroxyl groups excluding tert-OH is 1. The minimum Gasteiger partial charge on any atom is -0.397 e. The maximum absolute atomic E-state index is 12.1. The average molecular weight is 292 g/mol. The zero-order chi connectivity index (χ0) is 15.2. The van der Waals surface area contributed by atoms with E-state index >= 15 is 0 Å². The largest absolute Gasteiger partial charge is 0.397 e. The van der Waals surface area contributed by atoms with Gasteiger partial charge in [0.25, 0.3) is 0 Å². The van der Waals surface area contributed by atoms with Crippen molar-refractivity contribution in [3.05, 3.63) is 23.8 Å². The first kappa shape index (κ1) is 15.8. The number of β-amino-alcohol motifs (C(OH)–C–C–N with tert-alkyl or cyclic N) is 1. The van der Waals surface area contributed by atoms with E-state index in [1.54, 1.807) is 0 Å². The number of amides is 1. The Kier molecular flexibility index (Phi) is 5.55. The Labute approximate surface area is 125 Å². The number of hydrogen-bond donors (Lipinski definition) is 3. The number of aliphatic hydroxyl groups is 1. The van der Waals surface area contributed by atoms with Gasteiger partial charge in [0.15, 0.2) is 0 Å². The van der Waals surface area contributed by atoms with Crippen molar-refractivity contribution in [3.63, 3.8) is 0 Å². The molecular formula is C15H24N4O2. The van der Waals surface area contributed by atoms with Crippen LogP contribution in [0.25, 0.3) is 0 Å². The molecule has 1 heterocycles. The van der Waals surface area contributed by atoms with Gasteiger partial charge in [-0.25, -0.2) is 0 Å². The van der Waals surface area contributed by atoms with E-state index in [4.69, 9.17) is 10.8 Å². The Hall–Kier alpha value is -1.63.